The Hall–Kier alpha value is -5.63. The number of benzene rings is 2. The molecular formula is C43H53N9O5. The molecule has 2 aromatic carbocycles. The van der Waals surface area contributed by atoms with Gasteiger partial charge in [-0.25, -0.2) is 9.48 Å². The monoisotopic (exact) mass is 775 g/mol. The van der Waals surface area contributed by atoms with Crippen LogP contribution in [0.3, 0.4) is 0 Å². The quantitative estimate of drug-likeness (QED) is 0.102. The number of hydrogen-bond donors (Lipinski definition) is 1. The summed E-state index contributed by atoms with van der Waals surface area (Å²) in [6.45, 7) is 13.2. The van der Waals surface area contributed by atoms with Gasteiger partial charge in [-0.2, -0.15) is 5.10 Å². The molecule has 2 aliphatic heterocycles. The summed E-state index contributed by atoms with van der Waals surface area (Å²) in [7, 11) is 0. The van der Waals surface area contributed by atoms with Crippen LogP contribution in [0.15, 0.2) is 72.9 Å². The highest BCUT2D eigenvalue weighted by molar-refractivity contribution is 5.90. The number of nitrogens with zero attached hydrogens (tertiary/aromatic N) is 8. The summed E-state index contributed by atoms with van der Waals surface area (Å²) in [5, 5.41) is 18.0. The van der Waals surface area contributed by atoms with E-state index in [0.717, 1.165) is 72.5 Å². The highest BCUT2D eigenvalue weighted by Crippen LogP contribution is 2.40. The molecule has 3 atom stereocenters. The van der Waals surface area contributed by atoms with E-state index in [0.29, 0.717) is 42.7 Å². The molecule has 0 bridgehead atoms. The van der Waals surface area contributed by atoms with E-state index in [1.54, 1.807) is 10.7 Å². The molecule has 3 aromatic heterocycles. The van der Waals surface area contributed by atoms with Crippen molar-refractivity contribution in [1.29, 1.82) is 0 Å². The van der Waals surface area contributed by atoms with Crippen molar-refractivity contribution < 1.29 is 23.9 Å². The summed E-state index contributed by atoms with van der Waals surface area (Å²) in [5.74, 6) is 2.52. The third-order valence-electron chi connectivity index (χ3n) is 11.4. The molecule has 1 aliphatic carbocycles. The van der Waals surface area contributed by atoms with Gasteiger partial charge < -0.3 is 24.5 Å². The second-order valence-corrected chi connectivity index (χ2v) is 16.4. The number of aromatic nitrogens is 5. The van der Waals surface area contributed by atoms with Gasteiger partial charge in [0.25, 0.3) is 0 Å². The van der Waals surface area contributed by atoms with Crippen LogP contribution in [0.2, 0.25) is 0 Å². The highest BCUT2D eigenvalue weighted by atomic mass is 16.7. The summed E-state index contributed by atoms with van der Waals surface area (Å²) in [4.78, 5) is 36.4. The lowest BCUT2D eigenvalue weighted by atomic mass is 9.85. The first-order chi connectivity index (χ1) is 27.7. The molecule has 8 rings (SSSR count). The largest absolute Gasteiger partial charge is 0.492 e. The molecule has 5 heterocycles. The van der Waals surface area contributed by atoms with Gasteiger partial charge in [0.2, 0.25) is 5.95 Å². The Morgan fingerprint density at radius 1 is 0.912 bits per heavy atom. The van der Waals surface area contributed by atoms with Crippen molar-refractivity contribution in [3.05, 3.63) is 89.7 Å². The molecule has 14 heteroatoms. The number of rotatable bonds is 12. The van der Waals surface area contributed by atoms with Gasteiger partial charge in [0, 0.05) is 36.7 Å². The number of nitrogens with one attached hydrogen (secondary N) is 1. The van der Waals surface area contributed by atoms with Crippen LogP contribution < -0.4 is 24.8 Å². The zero-order valence-corrected chi connectivity index (χ0v) is 33.3. The van der Waals surface area contributed by atoms with E-state index < -0.39 is 6.03 Å². The molecule has 0 unspecified atom stereocenters. The van der Waals surface area contributed by atoms with Crippen LogP contribution in [0.4, 0.5) is 16.6 Å². The molecule has 0 saturated carbocycles. The SMILES string of the molecule is C[C@H]1CCCCN1c1nnc2ccc(O[C@@H]3CC[C@H](NC(=O)N(OC=O)c4cc(C(C)(C)C)nn4-c4cccc(OCCN5CCCC5)c4)c4ccccc43)cn12. The number of hydroxylamine groups is 1. The Morgan fingerprint density at radius 3 is 2.51 bits per heavy atom. The van der Waals surface area contributed by atoms with Crippen LogP contribution in [0.25, 0.3) is 11.3 Å². The number of piperidine rings is 1. The Bertz CT molecular complexity index is 2190. The summed E-state index contributed by atoms with van der Waals surface area (Å²) in [6, 6.07) is 20.7. The van der Waals surface area contributed by atoms with Crippen molar-refractivity contribution in [2.45, 2.75) is 96.2 Å². The fourth-order valence-electron chi connectivity index (χ4n) is 8.24. The van der Waals surface area contributed by atoms with Crippen LogP contribution in [-0.2, 0) is 15.0 Å². The van der Waals surface area contributed by atoms with Gasteiger partial charge in [-0.3, -0.25) is 14.1 Å². The fourth-order valence-corrected chi connectivity index (χ4v) is 8.24. The Labute approximate surface area is 333 Å². The lowest BCUT2D eigenvalue weighted by molar-refractivity contribution is -0.129. The molecule has 0 radical (unpaired) electrons. The summed E-state index contributed by atoms with van der Waals surface area (Å²) in [5.41, 5.74) is 3.70. The van der Waals surface area contributed by atoms with Crippen LogP contribution in [0, 0.1) is 0 Å². The molecule has 5 aromatic rings. The number of hydrogen-bond acceptors (Lipinski definition) is 10. The van der Waals surface area contributed by atoms with Crippen LogP contribution in [-0.4, -0.2) is 80.6 Å². The molecule has 1 N–H and O–H groups in total. The van der Waals surface area contributed by atoms with Gasteiger partial charge in [0.15, 0.2) is 11.5 Å². The van der Waals surface area contributed by atoms with Gasteiger partial charge in [0.05, 0.1) is 23.6 Å². The number of likely N-dealkylation sites (tertiary alicyclic amines) is 1. The maximum atomic E-state index is 14.3. The standard InChI is InChI=1S/C43H53N9O5/c1-30-12-7-8-23-49(30)41-46-45-39-20-17-33(28-50(39)41)57-37-19-18-36(34-15-5-6-16-35(34)37)44-42(54)52(56-29-53)40-27-38(43(2,3)4)47-51(40)31-13-11-14-32(26-31)55-25-24-48-21-9-10-22-48/h5-6,11,13-17,20,26-30,36-37H,7-10,12,18-19,21-25H2,1-4H3,(H,44,54)/t30-,36-,37+/m0/s1. The van der Waals surface area contributed by atoms with Gasteiger partial charge in [-0.05, 0) is 100 Å². The molecular weight excluding hydrogens is 723 g/mol. The van der Waals surface area contributed by atoms with E-state index in [1.807, 2.05) is 92.0 Å². The normalized spacial score (nSPS) is 19.9. The summed E-state index contributed by atoms with van der Waals surface area (Å²) in [6.07, 6.45) is 8.90. The van der Waals surface area contributed by atoms with E-state index >= 15 is 0 Å². The topological polar surface area (TPSA) is 132 Å². The first kappa shape index (κ1) is 38.3. The number of fused-ring (bicyclic) bond motifs is 2. The van der Waals surface area contributed by atoms with Crippen molar-refractivity contribution in [2.75, 3.05) is 42.7 Å². The van der Waals surface area contributed by atoms with Crippen molar-refractivity contribution in [3.63, 3.8) is 0 Å². The first-order valence-corrected chi connectivity index (χ1v) is 20.3. The van der Waals surface area contributed by atoms with E-state index in [4.69, 9.17) is 19.4 Å². The molecule has 57 heavy (non-hydrogen) atoms. The molecule has 0 spiro atoms. The number of pyridine rings is 1. The van der Waals surface area contributed by atoms with Crippen molar-refractivity contribution in [2.24, 2.45) is 0 Å². The first-order valence-electron chi connectivity index (χ1n) is 20.3. The smallest absolute Gasteiger partial charge is 0.357 e. The number of amides is 2. The van der Waals surface area contributed by atoms with E-state index in [-0.39, 0.29) is 29.9 Å². The van der Waals surface area contributed by atoms with Gasteiger partial charge in [-0.15, -0.1) is 15.3 Å². The van der Waals surface area contributed by atoms with Gasteiger partial charge >= 0.3 is 12.5 Å². The zero-order chi connectivity index (χ0) is 39.5. The minimum Gasteiger partial charge on any atom is -0.492 e. The highest BCUT2D eigenvalue weighted by Gasteiger charge is 2.34. The molecule has 2 saturated heterocycles. The third-order valence-corrected chi connectivity index (χ3v) is 11.4. The molecule has 2 amide bonds. The number of carbonyl (C=O) groups excluding carboxylic acids is 2. The Morgan fingerprint density at radius 2 is 1.72 bits per heavy atom. The Balaban J connectivity index is 1.02. The third kappa shape index (κ3) is 8.27. The molecule has 3 aliphatic rings. The van der Waals surface area contributed by atoms with Crippen molar-refractivity contribution >= 4 is 29.9 Å². The van der Waals surface area contributed by atoms with E-state index in [9.17, 15) is 9.59 Å². The maximum absolute atomic E-state index is 14.3. The second kappa shape index (κ2) is 16.5. The predicted octanol–water partition coefficient (Wildman–Crippen LogP) is 7.33. The average molecular weight is 776 g/mol. The van der Waals surface area contributed by atoms with Crippen LogP contribution >= 0.6 is 0 Å². The van der Waals surface area contributed by atoms with E-state index in [1.165, 1.54) is 19.3 Å². The minimum absolute atomic E-state index is 0.247. The lowest BCUT2D eigenvalue weighted by Crippen LogP contribution is -2.43. The second-order valence-electron chi connectivity index (χ2n) is 16.4. The number of urea groups is 1. The summed E-state index contributed by atoms with van der Waals surface area (Å²) < 4.78 is 16.5. The average Bonchev–Trinajstić information content (AvgIpc) is 3.99. The lowest BCUT2D eigenvalue weighted by Gasteiger charge is -2.34. The van der Waals surface area contributed by atoms with Crippen LogP contribution in [0.5, 0.6) is 11.5 Å². The van der Waals surface area contributed by atoms with Crippen LogP contribution in [0.1, 0.15) is 102 Å². The number of ether oxygens (including phenoxy) is 2. The Kier molecular flexibility index (Phi) is 11.0. The maximum Gasteiger partial charge on any atom is 0.357 e. The molecule has 300 valence electrons. The van der Waals surface area contributed by atoms with E-state index in [2.05, 4.69) is 32.2 Å². The predicted molar refractivity (Wildman–Crippen MR) is 217 cm³/mol. The number of anilines is 2. The molecule has 2 fully saturated rings. The fraction of sp³-hybridized carbons (Fsp3) is 0.465. The van der Waals surface area contributed by atoms with Crippen molar-refractivity contribution in [1.82, 2.24) is 34.6 Å². The van der Waals surface area contributed by atoms with Crippen molar-refractivity contribution in [3.8, 4) is 17.2 Å². The van der Waals surface area contributed by atoms with Gasteiger partial charge in [-0.1, -0.05) is 51.1 Å². The molecule has 14 nitrogen and oxygen atoms in total. The van der Waals surface area contributed by atoms with Gasteiger partial charge in [0.1, 0.15) is 24.2 Å². The minimum atomic E-state index is -0.599. The number of carbonyl (C=O) groups is 2. The zero-order valence-electron chi connectivity index (χ0n) is 33.3. The summed E-state index contributed by atoms with van der Waals surface area (Å²) >= 11 is 0.